The van der Waals surface area contributed by atoms with E-state index in [2.05, 4.69) is 9.72 Å². The van der Waals surface area contributed by atoms with E-state index in [0.717, 1.165) is 0 Å². The molecule has 1 aromatic rings. The van der Waals surface area contributed by atoms with E-state index in [0.29, 0.717) is 6.07 Å². The molecule has 0 unspecified atom stereocenters. The summed E-state index contributed by atoms with van der Waals surface area (Å²) in [6.45, 7) is 0. The fourth-order valence-electron chi connectivity index (χ4n) is 0.907. The van der Waals surface area contributed by atoms with Crippen LogP contribution >= 0.6 is 11.6 Å². The standard InChI is InChI=1S/C7H4ClF5N2O/c8-2-1-3(16-7(11,12)13)15-6(14)4(2)5(9)10/h1,5H,(H2,14,15). The number of alkyl halides is 5. The lowest BCUT2D eigenvalue weighted by Crippen LogP contribution is -2.18. The maximum absolute atomic E-state index is 12.3. The second-order valence-electron chi connectivity index (χ2n) is 2.59. The van der Waals surface area contributed by atoms with Crippen LogP contribution in [0.4, 0.5) is 27.8 Å². The molecule has 0 amide bonds. The minimum Gasteiger partial charge on any atom is -0.388 e. The Bertz CT molecular complexity index is 372. The maximum atomic E-state index is 12.3. The van der Waals surface area contributed by atoms with Gasteiger partial charge in [-0.1, -0.05) is 11.6 Å². The first-order valence-corrected chi connectivity index (χ1v) is 4.08. The molecule has 0 aliphatic rings. The Balaban J connectivity index is 3.10. The molecule has 1 rings (SSSR count). The summed E-state index contributed by atoms with van der Waals surface area (Å²) < 4.78 is 63.3. The van der Waals surface area contributed by atoms with E-state index in [1.54, 1.807) is 0 Å². The molecule has 16 heavy (non-hydrogen) atoms. The van der Waals surface area contributed by atoms with E-state index in [1.165, 1.54) is 0 Å². The molecule has 9 heteroatoms. The number of aromatic nitrogens is 1. The lowest BCUT2D eigenvalue weighted by Gasteiger charge is -2.11. The summed E-state index contributed by atoms with van der Waals surface area (Å²) >= 11 is 5.31. The van der Waals surface area contributed by atoms with Crippen molar-refractivity contribution in [2.24, 2.45) is 0 Å². The number of nitrogen functional groups attached to an aromatic ring is 1. The van der Waals surface area contributed by atoms with Crippen molar-refractivity contribution in [3.05, 3.63) is 16.7 Å². The van der Waals surface area contributed by atoms with Gasteiger partial charge in [0.2, 0.25) is 5.88 Å². The van der Waals surface area contributed by atoms with Crippen LogP contribution in [-0.2, 0) is 0 Å². The molecule has 2 N–H and O–H groups in total. The number of ether oxygens (including phenoxy) is 1. The Morgan fingerprint density at radius 2 is 1.94 bits per heavy atom. The molecule has 0 fully saturated rings. The van der Waals surface area contributed by atoms with Gasteiger partial charge in [0.05, 0.1) is 10.6 Å². The predicted octanol–water partition coefficient (Wildman–Crippen LogP) is 3.15. The zero-order valence-electron chi connectivity index (χ0n) is 7.36. The fraction of sp³-hybridized carbons (Fsp3) is 0.286. The average molecular weight is 263 g/mol. The van der Waals surface area contributed by atoms with E-state index in [4.69, 9.17) is 17.3 Å². The Morgan fingerprint density at radius 3 is 2.31 bits per heavy atom. The first kappa shape index (κ1) is 12.8. The van der Waals surface area contributed by atoms with Gasteiger partial charge in [-0.2, -0.15) is 4.98 Å². The molecule has 0 aliphatic carbocycles. The van der Waals surface area contributed by atoms with Gasteiger partial charge in [-0.05, 0) is 0 Å². The van der Waals surface area contributed by atoms with Crippen LogP contribution in [0.3, 0.4) is 0 Å². The van der Waals surface area contributed by atoms with Crippen molar-refractivity contribution in [1.29, 1.82) is 0 Å². The molecule has 0 saturated heterocycles. The number of anilines is 1. The lowest BCUT2D eigenvalue weighted by molar-refractivity contribution is -0.276. The first-order valence-electron chi connectivity index (χ1n) is 3.70. The highest BCUT2D eigenvalue weighted by atomic mass is 35.5. The van der Waals surface area contributed by atoms with Crippen LogP contribution in [0.15, 0.2) is 6.07 Å². The quantitative estimate of drug-likeness (QED) is 0.833. The highest BCUT2D eigenvalue weighted by Crippen LogP contribution is 2.34. The van der Waals surface area contributed by atoms with E-state index in [1.807, 2.05) is 0 Å². The van der Waals surface area contributed by atoms with Crippen LogP contribution in [0.1, 0.15) is 12.0 Å². The molecule has 0 bridgehead atoms. The van der Waals surface area contributed by atoms with Crippen LogP contribution in [0, 0.1) is 0 Å². The van der Waals surface area contributed by atoms with Gasteiger partial charge in [-0.15, -0.1) is 13.2 Å². The smallest absolute Gasteiger partial charge is 0.388 e. The zero-order chi connectivity index (χ0) is 12.5. The van der Waals surface area contributed by atoms with Crippen LogP contribution in [0.2, 0.25) is 5.02 Å². The van der Waals surface area contributed by atoms with E-state index in [-0.39, 0.29) is 0 Å². The average Bonchev–Trinajstić information content (AvgIpc) is 1.96. The van der Waals surface area contributed by atoms with Gasteiger partial charge in [0.25, 0.3) is 6.43 Å². The molecule has 90 valence electrons. The summed E-state index contributed by atoms with van der Waals surface area (Å²) in [5.74, 6) is -1.79. The molecule has 1 aromatic heterocycles. The third-order valence-corrected chi connectivity index (χ3v) is 1.77. The SMILES string of the molecule is Nc1nc(OC(F)(F)F)cc(Cl)c1C(F)F. The lowest BCUT2D eigenvalue weighted by atomic mass is 10.2. The molecule has 0 spiro atoms. The molecular weight excluding hydrogens is 259 g/mol. The molecule has 0 saturated carbocycles. The number of rotatable bonds is 2. The third-order valence-electron chi connectivity index (χ3n) is 1.45. The summed E-state index contributed by atoms with van der Waals surface area (Å²) in [5, 5.41) is -0.637. The Labute approximate surface area is 91.0 Å². The largest absolute Gasteiger partial charge is 0.574 e. The van der Waals surface area contributed by atoms with Gasteiger partial charge in [-0.25, -0.2) is 8.78 Å². The highest BCUT2D eigenvalue weighted by molar-refractivity contribution is 6.31. The summed E-state index contributed by atoms with van der Waals surface area (Å²) in [6.07, 6.45) is -8.02. The maximum Gasteiger partial charge on any atom is 0.574 e. The van der Waals surface area contributed by atoms with Crippen molar-refractivity contribution in [3.63, 3.8) is 0 Å². The predicted molar refractivity (Wildman–Crippen MR) is 45.3 cm³/mol. The molecule has 0 atom stereocenters. The summed E-state index contributed by atoms with van der Waals surface area (Å²) in [5.41, 5.74) is 4.20. The number of nitrogens with two attached hydrogens (primary N) is 1. The van der Waals surface area contributed by atoms with Gasteiger partial charge in [-0.3, -0.25) is 0 Å². The normalized spacial score (nSPS) is 11.9. The fourth-order valence-corrected chi connectivity index (χ4v) is 1.18. The van der Waals surface area contributed by atoms with Crippen molar-refractivity contribution in [2.75, 3.05) is 5.73 Å². The number of hydrogen-bond acceptors (Lipinski definition) is 3. The molecule has 3 nitrogen and oxygen atoms in total. The van der Waals surface area contributed by atoms with E-state index < -0.39 is 35.1 Å². The Morgan fingerprint density at radius 1 is 1.38 bits per heavy atom. The molecular formula is C7H4ClF5N2O. The number of nitrogens with zero attached hydrogens (tertiary/aromatic N) is 1. The Hall–Kier alpha value is -1.31. The van der Waals surface area contributed by atoms with Crippen LogP contribution in [0.5, 0.6) is 5.88 Å². The van der Waals surface area contributed by atoms with Gasteiger partial charge in [0, 0.05) is 6.07 Å². The number of halogens is 6. The summed E-state index contributed by atoms with van der Waals surface area (Å²) in [4.78, 5) is 3.01. The number of hydrogen-bond donors (Lipinski definition) is 1. The third kappa shape index (κ3) is 3.09. The molecule has 1 heterocycles. The van der Waals surface area contributed by atoms with Crippen molar-refractivity contribution in [3.8, 4) is 5.88 Å². The summed E-state index contributed by atoms with van der Waals surface area (Å²) in [7, 11) is 0. The van der Waals surface area contributed by atoms with E-state index >= 15 is 0 Å². The van der Waals surface area contributed by atoms with Gasteiger partial charge < -0.3 is 10.5 Å². The highest BCUT2D eigenvalue weighted by Gasteiger charge is 2.32. The monoisotopic (exact) mass is 262 g/mol. The van der Waals surface area contributed by atoms with Gasteiger partial charge in [0.15, 0.2) is 0 Å². The van der Waals surface area contributed by atoms with Crippen LogP contribution < -0.4 is 10.5 Å². The van der Waals surface area contributed by atoms with Gasteiger partial charge >= 0.3 is 6.36 Å². The first-order chi connectivity index (χ1) is 7.20. The minimum atomic E-state index is -4.99. The molecule has 0 aliphatic heterocycles. The van der Waals surface area contributed by atoms with Gasteiger partial charge in [0.1, 0.15) is 5.82 Å². The van der Waals surface area contributed by atoms with Crippen molar-refractivity contribution in [1.82, 2.24) is 4.98 Å². The van der Waals surface area contributed by atoms with Crippen molar-refractivity contribution in [2.45, 2.75) is 12.8 Å². The van der Waals surface area contributed by atoms with Crippen LogP contribution in [0.25, 0.3) is 0 Å². The summed E-state index contributed by atoms with van der Waals surface area (Å²) in [6, 6.07) is 0.521. The molecule has 0 radical (unpaired) electrons. The topological polar surface area (TPSA) is 48.1 Å². The Kier molecular flexibility index (Phi) is 3.41. The number of pyridine rings is 1. The van der Waals surface area contributed by atoms with Crippen LogP contribution in [-0.4, -0.2) is 11.3 Å². The zero-order valence-corrected chi connectivity index (χ0v) is 8.11. The van der Waals surface area contributed by atoms with Crippen molar-refractivity contribution < 1.29 is 26.7 Å². The van der Waals surface area contributed by atoms with Crippen molar-refractivity contribution >= 4 is 17.4 Å². The van der Waals surface area contributed by atoms with E-state index in [9.17, 15) is 22.0 Å². The second-order valence-corrected chi connectivity index (χ2v) is 3.00. The minimum absolute atomic E-state index is 0.521. The second kappa shape index (κ2) is 4.28. The molecule has 0 aromatic carbocycles.